The lowest BCUT2D eigenvalue weighted by Gasteiger charge is -2.24. The summed E-state index contributed by atoms with van der Waals surface area (Å²) >= 11 is 0. The molecule has 1 N–H and O–H groups in total. The van der Waals surface area contributed by atoms with Crippen LogP contribution >= 0.6 is 7.82 Å². The molecule has 0 saturated heterocycles. The Hall–Kier alpha value is -1.80. The van der Waals surface area contributed by atoms with Gasteiger partial charge in [-0.3, -0.25) is 13.8 Å². The minimum Gasteiger partial charge on any atom is -0.457 e. The van der Waals surface area contributed by atoms with Gasteiger partial charge in [-0.05, 0) is 77.0 Å². The number of carbonyl (C=O) groups excluding carboxylic acids is 1. The smallest absolute Gasteiger partial charge is 0.457 e. The van der Waals surface area contributed by atoms with E-state index in [0.29, 0.717) is 24.1 Å². The minimum atomic E-state index is -4.28. The largest absolute Gasteiger partial charge is 0.472 e. The zero-order valence-electron chi connectivity index (χ0n) is 37.6. The fraction of sp³-hybridized carbons (Fsp3) is 0.771. The van der Waals surface area contributed by atoms with Crippen LogP contribution in [0, 0.1) is 0 Å². The van der Waals surface area contributed by atoms with E-state index in [9.17, 15) is 14.3 Å². The van der Waals surface area contributed by atoms with Crippen LogP contribution in [0.1, 0.15) is 181 Å². The van der Waals surface area contributed by atoms with Crippen LogP contribution in [0.15, 0.2) is 60.8 Å². The summed E-state index contributed by atoms with van der Waals surface area (Å²) in [5.74, 6) is -0.334. The number of hydrogen-bond acceptors (Lipinski definition) is 6. The second-order valence-electron chi connectivity index (χ2n) is 16.4. The Bertz CT molecular complexity index is 1090. The molecule has 0 spiro atoms. The highest BCUT2D eigenvalue weighted by Gasteiger charge is 2.26. The normalized spacial score (nSPS) is 14.3. The van der Waals surface area contributed by atoms with Gasteiger partial charge < -0.3 is 18.9 Å². The monoisotopic (exact) mass is 823 g/mol. The molecule has 0 aliphatic heterocycles. The summed E-state index contributed by atoms with van der Waals surface area (Å²) < 4.78 is 35.0. The Labute approximate surface area is 351 Å². The highest BCUT2D eigenvalue weighted by atomic mass is 31.2. The Morgan fingerprint density at radius 1 is 0.544 bits per heavy atom. The molecule has 0 saturated carbocycles. The second kappa shape index (κ2) is 41.0. The second-order valence-corrected chi connectivity index (χ2v) is 17.9. The maximum atomic E-state index is 12.7. The van der Waals surface area contributed by atoms with Gasteiger partial charge in [0, 0.05) is 13.0 Å². The van der Waals surface area contributed by atoms with Crippen LogP contribution in [0.2, 0.25) is 0 Å². The first-order valence-corrected chi connectivity index (χ1v) is 24.5. The number of phosphoric acid groups is 1. The van der Waals surface area contributed by atoms with Crippen molar-refractivity contribution in [3.63, 3.8) is 0 Å². The number of hydrogen-bond donors (Lipinski definition) is 1. The SMILES string of the molecule is CCC/C=C\C/C=C\CCCCCCCC(=O)OC(COCCCCCCCCC/C=C\C/C=C\C/C=C\CCCCCCC)COP(=O)(O)OCC[N+](C)(C)C. The molecule has 0 fully saturated rings. The van der Waals surface area contributed by atoms with E-state index in [2.05, 4.69) is 74.6 Å². The molecule has 0 aliphatic carbocycles. The molecule has 2 atom stereocenters. The number of carbonyl (C=O) groups is 1. The minimum absolute atomic E-state index is 0.0810. The lowest BCUT2D eigenvalue weighted by atomic mass is 10.1. The molecule has 8 nitrogen and oxygen atoms in total. The molecule has 0 rings (SSSR count). The zero-order chi connectivity index (χ0) is 42.0. The maximum absolute atomic E-state index is 12.7. The fourth-order valence-electron chi connectivity index (χ4n) is 5.95. The van der Waals surface area contributed by atoms with E-state index in [1.54, 1.807) is 0 Å². The van der Waals surface area contributed by atoms with E-state index in [1.165, 1.54) is 77.0 Å². The highest BCUT2D eigenvalue weighted by Crippen LogP contribution is 2.43. The average Bonchev–Trinajstić information content (AvgIpc) is 3.16. The first-order valence-electron chi connectivity index (χ1n) is 23.0. The molecule has 9 heteroatoms. The van der Waals surface area contributed by atoms with Gasteiger partial charge in [0.1, 0.15) is 19.3 Å². The van der Waals surface area contributed by atoms with E-state index in [4.69, 9.17) is 18.5 Å². The van der Waals surface area contributed by atoms with Gasteiger partial charge in [0.25, 0.3) is 0 Å². The number of phosphoric ester groups is 1. The van der Waals surface area contributed by atoms with Crippen LogP contribution < -0.4 is 0 Å². The predicted octanol–water partition coefficient (Wildman–Crippen LogP) is 13.7. The van der Waals surface area contributed by atoms with Gasteiger partial charge in [-0.15, -0.1) is 0 Å². The van der Waals surface area contributed by atoms with Crippen molar-refractivity contribution in [2.24, 2.45) is 0 Å². The molecule has 2 unspecified atom stereocenters. The van der Waals surface area contributed by atoms with Crippen LogP contribution in [0.4, 0.5) is 0 Å². The number of unbranched alkanes of at least 4 members (excludes halogenated alkanes) is 18. The molecular weight excluding hydrogens is 734 g/mol. The van der Waals surface area contributed by atoms with Crippen LogP contribution in [0.5, 0.6) is 0 Å². The van der Waals surface area contributed by atoms with Crippen molar-refractivity contribution in [2.75, 3.05) is 54.1 Å². The van der Waals surface area contributed by atoms with E-state index < -0.39 is 13.9 Å². The molecule has 0 amide bonds. The van der Waals surface area contributed by atoms with E-state index in [-0.39, 0.29) is 25.8 Å². The van der Waals surface area contributed by atoms with Crippen molar-refractivity contribution in [1.29, 1.82) is 0 Å². The maximum Gasteiger partial charge on any atom is 0.472 e. The summed E-state index contributed by atoms with van der Waals surface area (Å²) in [5.41, 5.74) is 0. The Morgan fingerprint density at radius 2 is 1.00 bits per heavy atom. The van der Waals surface area contributed by atoms with Gasteiger partial charge in [0.2, 0.25) is 0 Å². The summed E-state index contributed by atoms with van der Waals surface area (Å²) in [6, 6.07) is 0. The molecule has 0 aromatic rings. The number of likely N-dealkylation sites (N-methyl/N-ethyl adjacent to an activating group) is 1. The van der Waals surface area contributed by atoms with Crippen LogP contribution in [-0.2, 0) is 27.9 Å². The molecule has 0 radical (unpaired) electrons. The van der Waals surface area contributed by atoms with Crippen molar-refractivity contribution in [2.45, 2.75) is 187 Å². The summed E-state index contributed by atoms with van der Waals surface area (Å²) in [6.07, 6.45) is 51.1. The molecule has 0 aliphatic rings. The zero-order valence-corrected chi connectivity index (χ0v) is 38.5. The number of nitrogens with zero attached hydrogens (tertiary/aromatic N) is 1. The van der Waals surface area contributed by atoms with Crippen LogP contribution in [-0.4, -0.2) is 75.6 Å². The lowest BCUT2D eigenvalue weighted by Crippen LogP contribution is -2.37. The average molecular weight is 823 g/mol. The Kier molecular flexibility index (Phi) is 39.7. The quantitative estimate of drug-likeness (QED) is 0.0215. The summed E-state index contributed by atoms with van der Waals surface area (Å²) in [7, 11) is 1.64. The van der Waals surface area contributed by atoms with E-state index >= 15 is 0 Å². The molecule has 0 aromatic carbocycles. The molecule has 0 aromatic heterocycles. The predicted molar refractivity (Wildman–Crippen MR) is 242 cm³/mol. The topological polar surface area (TPSA) is 91.3 Å². The molecular formula is C48H89NO7P+. The van der Waals surface area contributed by atoms with Crippen molar-refractivity contribution in [3.8, 4) is 0 Å². The van der Waals surface area contributed by atoms with Gasteiger partial charge >= 0.3 is 13.8 Å². The number of esters is 1. The fourth-order valence-corrected chi connectivity index (χ4v) is 6.69. The van der Waals surface area contributed by atoms with Gasteiger partial charge in [-0.25, -0.2) is 4.57 Å². The number of rotatable bonds is 42. The van der Waals surface area contributed by atoms with E-state index in [0.717, 1.165) is 83.5 Å². The first kappa shape index (κ1) is 55.2. The number of allylic oxidation sites excluding steroid dienone is 10. The van der Waals surface area contributed by atoms with Crippen LogP contribution in [0.3, 0.4) is 0 Å². The van der Waals surface area contributed by atoms with E-state index in [1.807, 2.05) is 21.1 Å². The molecule has 332 valence electrons. The highest BCUT2D eigenvalue weighted by molar-refractivity contribution is 7.47. The van der Waals surface area contributed by atoms with Crippen molar-refractivity contribution in [3.05, 3.63) is 60.8 Å². The number of ether oxygens (including phenoxy) is 2. The van der Waals surface area contributed by atoms with Crippen molar-refractivity contribution in [1.82, 2.24) is 0 Å². The van der Waals surface area contributed by atoms with Crippen molar-refractivity contribution < 1.29 is 37.3 Å². The summed E-state index contributed by atoms with van der Waals surface area (Å²) in [4.78, 5) is 22.9. The third-order valence-electron chi connectivity index (χ3n) is 9.53. The van der Waals surface area contributed by atoms with Gasteiger partial charge in [0.15, 0.2) is 0 Å². The lowest BCUT2D eigenvalue weighted by molar-refractivity contribution is -0.870. The standard InChI is InChI=1S/C48H88NO7P/c1-6-8-10-12-14-16-18-20-21-22-23-24-25-26-27-28-30-32-34-36-38-40-43-53-45-47(46-55-57(51,52)54-44-42-49(3,4)5)56-48(50)41-39-37-35-33-31-29-19-17-15-13-11-9-7-2/h11,13,17-20,22-23,25-26,47H,6-10,12,14-16,21,24,27-46H2,1-5H3/p+1/b13-11-,19-17-,20-18-,23-22-,26-25-. The Balaban J connectivity index is 4.21. The number of quaternary nitrogens is 1. The molecule has 0 heterocycles. The summed E-state index contributed by atoms with van der Waals surface area (Å²) in [6.45, 7) is 5.49. The summed E-state index contributed by atoms with van der Waals surface area (Å²) in [5, 5.41) is 0. The molecule has 0 bridgehead atoms. The van der Waals surface area contributed by atoms with Gasteiger partial charge in [-0.1, -0.05) is 158 Å². The van der Waals surface area contributed by atoms with Gasteiger partial charge in [-0.2, -0.15) is 0 Å². The van der Waals surface area contributed by atoms with Gasteiger partial charge in [0.05, 0.1) is 34.4 Å². The third kappa shape index (κ3) is 45.1. The Morgan fingerprint density at radius 3 is 1.51 bits per heavy atom. The van der Waals surface area contributed by atoms with Crippen LogP contribution in [0.25, 0.3) is 0 Å². The first-order chi connectivity index (χ1) is 27.6. The third-order valence-corrected chi connectivity index (χ3v) is 10.5. The molecule has 57 heavy (non-hydrogen) atoms. The van der Waals surface area contributed by atoms with Crippen molar-refractivity contribution >= 4 is 13.8 Å².